The Bertz CT molecular complexity index is 884. The summed E-state index contributed by atoms with van der Waals surface area (Å²) in [5, 5.41) is 10.6. The van der Waals surface area contributed by atoms with Gasteiger partial charge in [0.1, 0.15) is 5.25 Å². The maximum atomic E-state index is 12.1. The van der Waals surface area contributed by atoms with Gasteiger partial charge in [-0.25, -0.2) is 0 Å². The molecule has 1 N–H and O–H groups in total. The van der Waals surface area contributed by atoms with Crippen LogP contribution in [0.1, 0.15) is 25.8 Å². The fraction of sp³-hybridized carbons (Fsp3) is 0.333. The maximum Gasteiger partial charge on any atom is 0.319 e. The van der Waals surface area contributed by atoms with Gasteiger partial charge < -0.3 is 14.2 Å². The number of esters is 1. The van der Waals surface area contributed by atoms with Crippen molar-refractivity contribution in [1.82, 2.24) is 10.2 Å². The Morgan fingerprint density at radius 3 is 2.93 bits per heavy atom. The van der Waals surface area contributed by atoms with Crippen LogP contribution in [-0.4, -0.2) is 40.7 Å². The molecule has 3 rings (SSSR count). The fourth-order valence-electron chi connectivity index (χ4n) is 2.30. The quantitative estimate of drug-likeness (QED) is 0.300. The first-order chi connectivity index (χ1) is 13.6. The van der Waals surface area contributed by atoms with Crippen molar-refractivity contribution in [3.63, 3.8) is 0 Å². The van der Waals surface area contributed by atoms with Gasteiger partial charge in [-0.1, -0.05) is 36.1 Å². The minimum absolute atomic E-state index is 0.204. The predicted octanol–water partition coefficient (Wildman–Crippen LogP) is 3.35. The van der Waals surface area contributed by atoms with Gasteiger partial charge in [0.25, 0.3) is 0 Å². The Kier molecular flexibility index (Phi) is 6.88. The van der Waals surface area contributed by atoms with Crippen molar-refractivity contribution < 1.29 is 23.8 Å². The molecular weight excluding hydrogens is 402 g/mol. The standard InChI is InChI=1S/C18H19N3O5S2/c1-3-14(16(23)24-4-2)27-18-21-20-17(28-18)19-15(22)8-6-11-5-7-12-13(9-11)26-10-25-12/h5-9,14H,3-4,10H2,1-2H3,(H,19,20,22)/b8-6-. The minimum atomic E-state index is -0.345. The normalized spacial score (nSPS) is 13.5. The molecule has 0 radical (unpaired) electrons. The number of amides is 1. The monoisotopic (exact) mass is 421 g/mol. The molecule has 1 amide bonds. The van der Waals surface area contributed by atoms with Crippen LogP contribution in [0.4, 0.5) is 5.13 Å². The van der Waals surface area contributed by atoms with E-state index in [-0.39, 0.29) is 23.9 Å². The zero-order valence-electron chi connectivity index (χ0n) is 15.3. The highest BCUT2D eigenvalue weighted by Crippen LogP contribution is 2.33. The average Bonchev–Trinajstić information content (AvgIpc) is 3.33. The number of hydrogen-bond donors (Lipinski definition) is 1. The molecular formula is C18H19N3O5S2. The summed E-state index contributed by atoms with van der Waals surface area (Å²) in [6.45, 7) is 4.21. The van der Waals surface area contributed by atoms with E-state index < -0.39 is 0 Å². The number of hydrogen-bond acceptors (Lipinski definition) is 9. The van der Waals surface area contributed by atoms with Gasteiger partial charge in [0.05, 0.1) is 6.61 Å². The molecule has 1 aliphatic heterocycles. The van der Waals surface area contributed by atoms with Crippen molar-refractivity contribution >= 4 is 46.2 Å². The number of benzene rings is 1. The summed E-state index contributed by atoms with van der Waals surface area (Å²) < 4.78 is 16.2. The van der Waals surface area contributed by atoms with Crippen molar-refractivity contribution in [3.8, 4) is 11.5 Å². The maximum absolute atomic E-state index is 12.1. The van der Waals surface area contributed by atoms with E-state index in [0.29, 0.717) is 34.0 Å². The number of rotatable bonds is 8. The molecule has 0 saturated carbocycles. The van der Waals surface area contributed by atoms with Gasteiger partial charge in [0, 0.05) is 6.08 Å². The first kappa shape index (κ1) is 20.2. The van der Waals surface area contributed by atoms with E-state index >= 15 is 0 Å². The second kappa shape index (κ2) is 9.56. The third kappa shape index (κ3) is 5.23. The summed E-state index contributed by atoms with van der Waals surface area (Å²) >= 11 is 2.49. The average molecular weight is 422 g/mol. The molecule has 0 aliphatic carbocycles. The number of fused-ring (bicyclic) bond motifs is 1. The highest BCUT2D eigenvalue weighted by molar-refractivity contribution is 8.02. The van der Waals surface area contributed by atoms with Gasteiger partial charge in [0.2, 0.25) is 17.8 Å². The lowest BCUT2D eigenvalue weighted by atomic mass is 10.2. The SMILES string of the molecule is CCOC(=O)C(CC)Sc1nnc(NC(=O)/C=C\c2ccc3c(c2)OCO3)s1. The van der Waals surface area contributed by atoms with E-state index in [1.807, 2.05) is 13.0 Å². The summed E-state index contributed by atoms with van der Waals surface area (Å²) in [4.78, 5) is 24.0. The Morgan fingerprint density at radius 1 is 1.32 bits per heavy atom. The third-order valence-electron chi connectivity index (χ3n) is 3.62. The molecule has 0 bridgehead atoms. The van der Waals surface area contributed by atoms with Crippen LogP contribution in [0, 0.1) is 0 Å². The number of ether oxygens (including phenoxy) is 3. The molecule has 28 heavy (non-hydrogen) atoms. The van der Waals surface area contributed by atoms with E-state index in [1.54, 1.807) is 25.1 Å². The van der Waals surface area contributed by atoms with E-state index in [4.69, 9.17) is 14.2 Å². The van der Waals surface area contributed by atoms with Crippen LogP contribution in [0.25, 0.3) is 6.08 Å². The smallest absolute Gasteiger partial charge is 0.319 e. The predicted molar refractivity (Wildman–Crippen MR) is 107 cm³/mol. The van der Waals surface area contributed by atoms with Crippen LogP contribution in [0.3, 0.4) is 0 Å². The molecule has 2 heterocycles. The Hall–Kier alpha value is -2.59. The summed E-state index contributed by atoms with van der Waals surface area (Å²) in [6.07, 6.45) is 3.68. The lowest BCUT2D eigenvalue weighted by Gasteiger charge is -2.10. The van der Waals surface area contributed by atoms with Gasteiger partial charge in [0.15, 0.2) is 15.8 Å². The zero-order chi connectivity index (χ0) is 19.9. The van der Waals surface area contributed by atoms with Crippen LogP contribution < -0.4 is 14.8 Å². The molecule has 1 aliphatic rings. The topological polar surface area (TPSA) is 99.6 Å². The molecule has 0 saturated heterocycles. The lowest BCUT2D eigenvalue weighted by Crippen LogP contribution is -2.19. The molecule has 1 aromatic heterocycles. The number of carbonyl (C=O) groups is 2. The van der Waals surface area contributed by atoms with Crippen molar-refractivity contribution in [2.45, 2.75) is 29.9 Å². The van der Waals surface area contributed by atoms with Crippen molar-refractivity contribution in [2.75, 3.05) is 18.7 Å². The molecule has 148 valence electrons. The lowest BCUT2D eigenvalue weighted by molar-refractivity contribution is -0.142. The van der Waals surface area contributed by atoms with E-state index in [1.165, 1.54) is 29.2 Å². The van der Waals surface area contributed by atoms with Crippen LogP contribution in [0.2, 0.25) is 0 Å². The second-order valence-electron chi connectivity index (χ2n) is 5.58. The number of nitrogens with one attached hydrogen (secondary N) is 1. The highest BCUT2D eigenvalue weighted by Gasteiger charge is 2.21. The minimum Gasteiger partial charge on any atom is -0.465 e. The third-order valence-corrected chi connectivity index (χ3v) is 5.89. The van der Waals surface area contributed by atoms with Crippen LogP contribution in [0.15, 0.2) is 28.6 Å². The van der Waals surface area contributed by atoms with Crippen molar-refractivity contribution in [1.29, 1.82) is 0 Å². The van der Waals surface area contributed by atoms with Gasteiger partial charge in [-0.15, -0.1) is 10.2 Å². The summed E-state index contributed by atoms with van der Waals surface area (Å²) in [7, 11) is 0. The summed E-state index contributed by atoms with van der Waals surface area (Å²) in [5.74, 6) is 0.736. The first-order valence-electron chi connectivity index (χ1n) is 8.64. The number of thioether (sulfide) groups is 1. The summed E-state index contributed by atoms with van der Waals surface area (Å²) in [5.41, 5.74) is 0.813. The first-order valence-corrected chi connectivity index (χ1v) is 10.3. The van der Waals surface area contributed by atoms with E-state index in [9.17, 15) is 9.59 Å². The Balaban J connectivity index is 1.55. The molecule has 8 nitrogen and oxygen atoms in total. The molecule has 1 aromatic carbocycles. The van der Waals surface area contributed by atoms with Crippen molar-refractivity contribution in [2.24, 2.45) is 0 Å². The molecule has 2 aromatic rings. The van der Waals surface area contributed by atoms with Crippen molar-refractivity contribution in [3.05, 3.63) is 29.8 Å². The largest absolute Gasteiger partial charge is 0.465 e. The Labute approximate surface area is 170 Å². The van der Waals surface area contributed by atoms with E-state index in [2.05, 4.69) is 15.5 Å². The number of aromatic nitrogens is 2. The number of nitrogens with zero attached hydrogens (tertiary/aromatic N) is 2. The molecule has 0 spiro atoms. The van der Waals surface area contributed by atoms with Crippen LogP contribution in [0.5, 0.6) is 11.5 Å². The molecule has 0 fully saturated rings. The van der Waals surface area contributed by atoms with E-state index in [0.717, 1.165) is 5.56 Å². The summed E-state index contributed by atoms with van der Waals surface area (Å²) in [6, 6.07) is 5.42. The second-order valence-corrected chi connectivity index (χ2v) is 8.00. The van der Waals surface area contributed by atoms with Gasteiger partial charge in [-0.2, -0.15) is 0 Å². The number of anilines is 1. The molecule has 10 heteroatoms. The fourth-order valence-corrected chi connectivity index (χ4v) is 4.22. The number of carbonyl (C=O) groups excluding carboxylic acids is 2. The Morgan fingerprint density at radius 2 is 2.14 bits per heavy atom. The van der Waals surface area contributed by atoms with Crippen LogP contribution >= 0.6 is 23.1 Å². The van der Waals surface area contributed by atoms with Gasteiger partial charge in [-0.05, 0) is 37.1 Å². The van der Waals surface area contributed by atoms with Gasteiger partial charge >= 0.3 is 5.97 Å². The van der Waals surface area contributed by atoms with Crippen LogP contribution in [-0.2, 0) is 14.3 Å². The molecule has 1 atom stereocenters. The zero-order valence-corrected chi connectivity index (χ0v) is 17.0. The molecule has 1 unspecified atom stereocenters. The highest BCUT2D eigenvalue weighted by atomic mass is 32.2. The van der Waals surface area contributed by atoms with Gasteiger partial charge in [-0.3, -0.25) is 14.9 Å².